The predicted molar refractivity (Wildman–Crippen MR) is 47.7 cm³/mol. The van der Waals surface area contributed by atoms with E-state index in [0.29, 0.717) is 5.02 Å². The van der Waals surface area contributed by atoms with Gasteiger partial charge in [-0.05, 0) is 24.3 Å². The van der Waals surface area contributed by atoms with E-state index in [9.17, 15) is 8.42 Å². The minimum atomic E-state index is -4.18. The largest absolute Gasteiger partial charge is 1.00 e. The molecule has 1 rings (SSSR count). The van der Waals surface area contributed by atoms with Gasteiger partial charge < -0.3 is 1.43 Å². The minimum Gasteiger partial charge on any atom is -1.00 e. The van der Waals surface area contributed by atoms with Gasteiger partial charge in [-0.2, -0.15) is 8.42 Å². The molecule has 0 heterocycles. The zero-order chi connectivity index (χ0) is 9.19. The first kappa shape index (κ1) is 13.2. The fourth-order valence-electron chi connectivity index (χ4n) is 0.667. The molecule has 1 aromatic rings. The summed E-state index contributed by atoms with van der Waals surface area (Å²) in [7, 11) is -4.18. The van der Waals surface area contributed by atoms with Gasteiger partial charge >= 0.3 is 39.9 Å². The zero-order valence-corrected chi connectivity index (χ0v) is 10.4. The van der Waals surface area contributed by atoms with Crippen LogP contribution in [0.4, 0.5) is 5.69 Å². The average molecular weight is 232 g/mol. The summed E-state index contributed by atoms with van der Waals surface area (Å²) in [4.78, 5) is 0. The summed E-state index contributed by atoms with van der Waals surface area (Å²) in [5, 5.41) is 0.496. The minimum absolute atomic E-state index is 0. The van der Waals surface area contributed by atoms with Gasteiger partial charge in [-0.15, -0.1) is 0 Å². The van der Waals surface area contributed by atoms with E-state index in [1.807, 2.05) is 4.72 Å². The van der Waals surface area contributed by atoms with Crippen molar-refractivity contribution in [3.63, 3.8) is 0 Å². The van der Waals surface area contributed by atoms with Crippen LogP contribution in [0.25, 0.3) is 0 Å². The molecule has 2 N–H and O–H groups in total. The monoisotopic (exact) mass is 231 g/mol. The molecule has 0 atom stereocenters. The van der Waals surface area contributed by atoms with Crippen LogP contribution in [0, 0.1) is 0 Å². The van der Waals surface area contributed by atoms with Crippen molar-refractivity contribution < 1.29 is 44.0 Å². The maximum atomic E-state index is 10.3. The van der Waals surface area contributed by atoms with Crippen molar-refractivity contribution in [1.29, 1.82) is 0 Å². The average Bonchev–Trinajstić information content (AvgIpc) is 1.91. The molecule has 0 unspecified atom stereocenters. The molecule has 0 aliphatic heterocycles. The SMILES string of the molecule is O=S(=O)(O)Nc1ccc(Cl)cc1.[H-].[Na+]. The maximum Gasteiger partial charge on any atom is 1.00 e. The molecule has 0 saturated heterocycles. The Balaban J connectivity index is 0. The molecule has 0 fully saturated rings. The Morgan fingerprint density at radius 3 is 2.15 bits per heavy atom. The topological polar surface area (TPSA) is 66.4 Å². The molecule has 68 valence electrons. The van der Waals surface area contributed by atoms with Gasteiger partial charge in [-0.1, -0.05) is 11.6 Å². The summed E-state index contributed by atoms with van der Waals surface area (Å²) in [6.07, 6.45) is 0. The molecule has 0 spiro atoms. The van der Waals surface area contributed by atoms with E-state index in [2.05, 4.69) is 0 Å². The first-order valence-electron chi connectivity index (χ1n) is 2.98. The van der Waals surface area contributed by atoms with Gasteiger partial charge in [-0.25, -0.2) is 0 Å². The van der Waals surface area contributed by atoms with Gasteiger partial charge in [0.05, 0.1) is 5.69 Å². The van der Waals surface area contributed by atoms with E-state index >= 15 is 0 Å². The Morgan fingerprint density at radius 2 is 1.77 bits per heavy atom. The van der Waals surface area contributed by atoms with Crippen molar-refractivity contribution in [2.24, 2.45) is 0 Å². The summed E-state index contributed by atoms with van der Waals surface area (Å²) in [6.45, 7) is 0. The van der Waals surface area contributed by atoms with E-state index in [1.165, 1.54) is 24.3 Å². The van der Waals surface area contributed by atoms with Crippen LogP contribution < -0.4 is 34.3 Å². The molecule has 7 heteroatoms. The summed E-state index contributed by atoms with van der Waals surface area (Å²) < 4.78 is 30.8. The summed E-state index contributed by atoms with van der Waals surface area (Å²) in [6, 6.07) is 5.90. The molecule has 0 aromatic heterocycles. The smallest absolute Gasteiger partial charge is 1.00 e. The molecule has 0 bridgehead atoms. The van der Waals surface area contributed by atoms with Crippen molar-refractivity contribution in [3.05, 3.63) is 29.3 Å². The maximum absolute atomic E-state index is 10.3. The normalized spacial score (nSPS) is 10.3. The Labute approximate surface area is 105 Å². The molecule has 0 amide bonds. The van der Waals surface area contributed by atoms with Crippen LogP contribution in [0.2, 0.25) is 5.02 Å². The van der Waals surface area contributed by atoms with Crippen molar-refractivity contribution in [3.8, 4) is 0 Å². The Hall–Kier alpha value is 0.220. The van der Waals surface area contributed by atoms with Gasteiger partial charge in [0.25, 0.3) is 0 Å². The van der Waals surface area contributed by atoms with Crippen LogP contribution in [0.5, 0.6) is 0 Å². The molecule has 0 radical (unpaired) electrons. The van der Waals surface area contributed by atoms with Crippen molar-refractivity contribution in [2.75, 3.05) is 4.72 Å². The van der Waals surface area contributed by atoms with Crippen LogP contribution in [0.15, 0.2) is 24.3 Å². The van der Waals surface area contributed by atoms with Gasteiger partial charge in [0, 0.05) is 5.02 Å². The number of anilines is 1. The van der Waals surface area contributed by atoms with E-state index in [1.54, 1.807) is 0 Å². The number of hydrogen-bond acceptors (Lipinski definition) is 2. The molecular weight excluding hydrogens is 225 g/mol. The quantitative estimate of drug-likeness (QED) is 0.490. The van der Waals surface area contributed by atoms with Crippen molar-refractivity contribution in [2.45, 2.75) is 0 Å². The Bertz CT molecular complexity index is 369. The number of rotatable bonds is 2. The molecule has 0 aliphatic rings. The second kappa shape index (κ2) is 5.19. The Kier molecular flexibility index (Phi) is 5.28. The van der Waals surface area contributed by atoms with E-state index in [4.69, 9.17) is 16.2 Å². The van der Waals surface area contributed by atoms with Gasteiger partial charge in [0.1, 0.15) is 0 Å². The molecule has 13 heavy (non-hydrogen) atoms. The third-order valence-electron chi connectivity index (χ3n) is 1.09. The standard InChI is InChI=1S/C6H6ClNO3S.Na.H/c7-5-1-3-6(4-2-5)8-12(9,10)11;;/h1-4,8H,(H,9,10,11);;/q;+1;-1. The third-order valence-corrected chi connectivity index (χ3v) is 1.84. The second-order valence-corrected chi connectivity index (χ2v) is 3.67. The molecule has 4 nitrogen and oxygen atoms in total. The number of benzene rings is 1. The predicted octanol–water partition coefficient (Wildman–Crippen LogP) is -1.33. The summed E-state index contributed by atoms with van der Waals surface area (Å²) >= 11 is 5.54. The first-order chi connectivity index (χ1) is 5.47. The molecule has 0 aliphatic carbocycles. The summed E-state index contributed by atoms with van der Waals surface area (Å²) in [5.74, 6) is 0. The number of hydrogen-bond donors (Lipinski definition) is 2. The molecular formula is C6H7ClNNaO3S. The van der Waals surface area contributed by atoms with Gasteiger partial charge in [-0.3, -0.25) is 9.27 Å². The second-order valence-electron chi connectivity index (χ2n) is 2.08. The van der Waals surface area contributed by atoms with E-state index in [-0.39, 0.29) is 36.7 Å². The first-order valence-corrected chi connectivity index (χ1v) is 4.80. The van der Waals surface area contributed by atoms with Crippen LogP contribution in [0.1, 0.15) is 1.43 Å². The van der Waals surface area contributed by atoms with Crippen LogP contribution in [-0.2, 0) is 10.3 Å². The third kappa shape index (κ3) is 5.51. The van der Waals surface area contributed by atoms with Gasteiger partial charge in [0.15, 0.2) is 0 Å². The number of halogens is 1. The number of nitrogens with one attached hydrogen (secondary N) is 1. The van der Waals surface area contributed by atoms with E-state index in [0.717, 1.165) is 0 Å². The van der Waals surface area contributed by atoms with Crippen LogP contribution >= 0.6 is 11.6 Å². The van der Waals surface area contributed by atoms with Crippen molar-refractivity contribution in [1.82, 2.24) is 0 Å². The molecule has 0 saturated carbocycles. The zero-order valence-electron chi connectivity index (χ0n) is 7.86. The van der Waals surface area contributed by atoms with Crippen molar-refractivity contribution >= 4 is 27.6 Å². The summed E-state index contributed by atoms with van der Waals surface area (Å²) in [5.41, 5.74) is 0.266. The van der Waals surface area contributed by atoms with Crippen LogP contribution in [0.3, 0.4) is 0 Å². The Morgan fingerprint density at radius 1 is 1.31 bits per heavy atom. The van der Waals surface area contributed by atoms with E-state index < -0.39 is 10.3 Å². The van der Waals surface area contributed by atoms with Crippen LogP contribution in [-0.4, -0.2) is 13.0 Å². The fourth-order valence-corrected chi connectivity index (χ4v) is 1.23. The molecule has 1 aromatic carbocycles. The fraction of sp³-hybridized carbons (Fsp3) is 0. The van der Waals surface area contributed by atoms with Gasteiger partial charge in [0.2, 0.25) is 0 Å².